The van der Waals surface area contributed by atoms with E-state index < -0.39 is 0 Å². The molecule has 0 aliphatic rings. The molecule has 0 spiro atoms. The Morgan fingerprint density at radius 1 is 1.36 bits per heavy atom. The second-order valence-corrected chi connectivity index (χ2v) is 3.58. The average Bonchev–Trinajstić information content (AvgIpc) is 2.56. The molecule has 0 aliphatic carbocycles. The summed E-state index contributed by atoms with van der Waals surface area (Å²) in [7, 11) is 0. The second-order valence-electron chi connectivity index (χ2n) is 3.15. The minimum Gasteiger partial charge on any atom is -0.358 e. The Balaban J connectivity index is 2.32. The fraction of sp³-hybridized carbons (Fsp3) is 0.200. The van der Waals surface area contributed by atoms with Gasteiger partial charge in [-0.05, 0) is 24.3 Å². The quantitative estimate of drug-likeness (QED) is 0.764. The molecule has 0 saturated carbocycles. The molecule has 1 aromatic carbocycles. The van der Waals surface area contributed by atoms with Crippen LogP contribution in [0.4, 0.5) is 0 Å². The van der Waals surface area contributed by atoms with Crippen LogP contribution < -0.4 is 5.90 Å². The number of aromatic nitrogens is 1. The van der Waals surface area contributed by atoms with Crippen LogP contribution in [0.5, 0.6) is 0 Å². The molecule has 1 aromatic heterocycles. The van der Waals surface area contributed by atoms with Crippen molar-refractivity contribution in [2.45, 2.75) is 6.42 Å². The molecule has 0 fully saturated rings. The highest BCUT2D eigenvalue weighted by atomic mass is 35.5. The molecule has 0 bridgehead atoms. The Kier molecular flexibility index (Phi) is 2.72. The zero-order chi connectivity index (χ0) is 9.97. The lowest BCUT2D eigenvalue weighted by Gasteiger charge is -1.93. The molecule has 0 amide bonds. The first-order chi connectivity index (χ1) is 6.79. The van der Waals surface area contributed by atoms with Crippen LogP contribution in [0, 0.1) is 0 Å². The normalized spacial score (nSPS) is 11.0. The van der Waals surface area contributed by atoms with E-state index in [1.165, 1.54) is 0 Å². The number of aromatic amines is 1. The summed E-state index contributed by atoms with van der Waals surface area (Å²) in [6, 6.07) is 7.81. The van der Waals surface area contributed by atoms with E-state index in [1.807, 2.05) is 18.2 Å². The summed E-state index contributed by atoms with van der Waals surface area (Å²) in [6.45, 7) is 0.514. The summed E-state index contributed by atoms with van der Waals surface area (Å²) < 4.78 is 0. The fourth-order valence-electron chi connectivity index (χ4n) is 1.47. The van der Waals surface area contributed by atoms with Gasteiger partial charge in [0.05, 0.1) is 6.61 Å². The van der Waals surface area contributed by atoms with Gasteiger partial charge in [0, 0.05) is 28.0 Å². The van der Waals surface area contributed by atoms with E-state index in [-0.39, 0.29) is 0 Å². The summed E-state index contributed by atoms with van der Waals surface area (Å²) in [5, 5.41) is 1.86. The van der Waals surface area contributed by atoms with Gasteiger partial charge < -0.3 is 9.82 Å². The van der Waals surface area contributed by atoms with Gasteiger partial charge >= 0.3 is 0 Å². The molecule has 0 radical (unpaired) electrons. The van der Waals surface area contributed by atoms with E-state index in [9.17, 15) is 0 Å². The monoisotopic (exact) mass is 210 g/mol. The number of hydrogen-bond acceptors (Lipinski definition) is 2. The Morgan fingerprint density at radius 2 is 2.21 bits per heavy atom. The average molecular weight is 211 g/mol. The smallest absolute Gasteiger partial charge is 0.0733 e. The lowest BCUT2D eigenvalue weighted by atomic mass is 10.2. The number of benzene rings is 1. The number of hydrogen-bond donors (Lipinski definition) is 2. The third-order valence-corrected chi connectivity index (χ3v) is 2.36. The maximum atomic E-state index is 5.87. The predicted octanol–water partition coefficient (Wildman–Crippen LogP) is 2.25. The molecule has 2 rings (SSSR count). The maximum Gasteiger partial charge on any atom is 0.0733 e. The number of nitrogens with one attached hydrogen (secondary N) is 1. The molecule has 0 aliphatic heterocycles. The predicted molar refractivity (Wildman–Crippen MR) is 57.2 cm³/mol. The number of halogens is 1. The van der Waals surface area contributed by atoms with Gasteiger partial charge in [0.25, 0.3) is 0 Å². The number of nitrogens with two attached hydrogens (primary N) is 1. The molecule has 2 aromatic rings. The van der Waals surface area contributed by atoms with E-state index in [0.29, 0.717) is 6.61 Å². The maximum absolute atomic E-state index is 5.87. The SMILES string of the molecule is NOCCc1cc2cc(Cl)ccc2[nH]1. The van der Waals surface area contributed by atoms with E-state index >= 15 is 0 Å². The van der Waals surface area contributed by atoms with Gasteiger partial charge in [-0.2, -0.15) is 0 Å². The zero-order valence-corrected chi connectivity index (χ0v) is 8.34. The van der Waals surface area contributed by atoms with Gasteiger partial charge in [-0.1, -0.05) is 11.6 Å². The fourth-order valence-corrected chi connectivity index (χ4v) is 1.65. The first kappa shape index (κ1) is 9.52. The summed E-state index contributed by atoms with van der Waals surface area (Å²) in [5.41, 5.74) is 2.19. The summed E-state index contributed by atoms with van der Waals surface area (Å²) >= 11 is 5.87. The zero-order valence-electron chi connectivity index (χ0n) is 7.59. The first-order valence-corrected chi connectivity index (χ1v) is 4.76. The largest absolute Gasteiger partial charge is 0.358 e. The highest BCUT2D eigenvalue weighted by molar-refractivity contribution is 6.31. The van der Waals surface area contributed by atoms with Crippen LogP contribution in [0.3, 0.4) is 0 Å². The standard InChI is InChI=1S/C10H11ClN2O/c11-8-1-2-10-7(5-8)6-9(13-10)3-4-14-12/h1-2,5-6,13H,3-4,12H2. The van der Waals surface area contributed by atoms with Crippen LogP contribution in [-0.4, -0.2) is 11.6 Å². The third kappa shape index (κ3) is 1.90. The molecule has 3 N–H and O–H groups in total. The Bertz CT molecular complexity index is 439. The van der Waals surface area contributed by atoms with Crippen LogP contribution >= 0.6 is 11.6 Å². The van der Waals surface area contributed by atoms with Gasteiger partial charge in [-0.15, -0.1) is 0 Å². The van der Waals surface area contributed by atoms with E-state index in [2.05, 4.69) is 15.9 Å². The lowest BCUT2D eigenvalue weighted by molar-refractivity contribution is 0.140. The summed E-state index contributed by atoms with van der Waals surface area (Å²) in [6.07, 6.45) is 0.781. The summed E-state index contributed by atoms with van der Waals surface area (Å²) in [5.74, 6) is 4.96. The van der Waals surface area contributed by atoms with Crippen molar-refractivity contribution >= 4 is 22.5 Å². The third-order valence-electron chi connectivity index (χ3n) is 2.13. The first-order valence-electron chi connectivity index (χ1n) is 4.38. The molecule has 0 saturated heterocycles. The van der Waals surface area contributed by atoms with Crippen LogP contribution in [0.15, 0.2) is 24.3 Å². The van der Waals surface area contributed by atoms with Gasteiger partial charge in [0.15, 0.2) is 0 Å². The van der Waals surface area contributed by atoms with Crippen molar-refractivity contribution in [2.75, 3.05) is 6.61 Å². The van der Waals surface area contributed by atoms with Gasteiger partial charge in [-0.25, -0.2) is 5.90 Å². The van der Waals surface area contributed by atoms with Crippen molar-refractivity contribution in [1.29, 1.82) is 0 Å². The van der Waals surface area contributed by atoms with Gasteiger partial charge in [0.2, 0.25) is 0 Å². The van der Waals surface area contributed by atoms with E-state index in [1.54, 1.807) is 0 Å². The number of rotatable bonds is 3. The van der Waals surface area contributed by atoms with Gasteiger partial charge in [0.1, 0.15) is 0 Å². The molecule has 14 heavy (non-hydrogen) atoms. The van der Waals surface area contributed by atoms with Gasteiger partial charge in [-0.3, -0.25) is 0 Å². The number of fused-ring (bicyclic) bond motifs is 1. The topological polar surface area (TPSA) is 51.0 Å². The molecule has 1 heterocycles. The molecule has 0 unspecified atom stereocenters. The van der Waals surface area contributed by atoms with Crippen molar-refractivity contribution in [1.82, 2.24) is 4.98 Å². The van der Waals surface area contributed by atoms with Crippen molar-refractivity contribution in [3.63, 3.8) is 0 Å². The van der Waals surface area contributed by atoms with Crippen LogP contribution in [0.25, 0.3) is 10.9 Å². The molecular formula is C10H11ClN2O. The van der Waals surface area contributed by atoms with E-state index in [4.69, 9.17) is 17.5 Å². The van der Waals surface area contributed by atoms with Crippen LogP contribution in [-0.2, 0) is 11.3 Å². The Hall–Kier alpha value is -1.03. The minimum atomic E-state index is 0.514. The van der Waals surface area contributed by atoms with Crippen LogP contribution in [0.1, 0.15) is 5.69 Å². The Labute approximate surface area is 86.8 Å². The molecule has 3 nitrogen and oxygen atoms in total. The highest BCUT2D eigenvalue weighted by Crippen LogP contribution is 2.20. The lowest BCUT2D eigenvalue weighted by Crippen LogP contribution is -2.03. The van der Waals surface area contributed by atoms with Crippen molar-refractivity contribution in [3.8, 4) is 0 Å². The number of H-pyrrole nitrogens is 1. The van der Waals surface area contributed by atoms with Crippen LogP contribution in [0.2, 0.25) is 5.02 Å². The Morgan fingerprint density at radius 3 is 3.00 bits per heavy atom. The van der Waals surface area contributed by atoms with Crippen molar-refractivity contribution in [2.24, 2.45) is 5.90 Å². The summed E-state index contributed by atoms with van der Waals surface area (Å²) in [4.78, 5) is 7.78. The van der Waals surface area contributed by atoms with E-state index in [0.717, 1.165) is 28.0 Å². The highest BCUT2D eigenvalue weighted by Gasteiger charge is 2.00. The van der Waals surface area contributed by atoms with Crippen molar-refractivity contribution in [3.05, 3.63) is 35.0 Å². The minimum absolute atomic E-state index is 0.514. The molecule has 4 heteroatoms. The molecule has 74 valence electrons. The second kappa shape index (κ2) is 4.00. The molecular weight excluding hydrogens is 200 g/mol. The molecule has 0 atom stereocenters. The van der Waals surface area contributed by atoms with Crippen molar-refractivity contribution < 1.29 is 4.84 Å².